The summed E-state index contributed by atoms with van der Waals surface area (Å²) in [5.41, 5.74) is 1.46. The van der Waals surface area contributed by atoms with Gasteiger partial charge in [-0.1, -0.05) is 19.1 Å². The molecule has 6 heteroatoms. The van der Waals surface area contributed by atoms with Gasteiger partial charge in [-0.3, -0.25) is 9.59 Å². The van der Waals surface area contributed by atoms with Gasteiger partial charge in [0, 0.05) is 35.6 Å². The minimum absolute atomic E-state index is 0.00859. The van der Waals surface area contributed by atoms with Crippen LogP contribution in [0.15, 0.2) is 60.9 Å². The van der Waals surface area contributed by atoms with Gasteiger partial charge in [0.05, 0.1) is 0 Å². The molecule has 2 aromatic carbocycles. The van der Waals surface area contributed by atoms with Gasteiger partial charge in [-0.2, -0.15) is 5.10 Å². The zero-order valence-electron chi connectivity index (χ0n) is 13.6. The minimum Gasteiger partial charge on any atom is -0.322 e. The summed E-state index contributed by atoms with van der Waals surface area (Å²) < 4.78 is 15.6. The van der Waals surface area contributed by atoms with Crippen molar-refractivity contribution in [1.29, 1.82) is 0 Å². The lowest BCUT2D eigenvalue weighted by Crippen LogP contribution is -2.13. The number of nitrogens with one attached hydrogen (secondary N) is 1. The molecule has 0 saturated carbocycles. The van der Waals surface area contributed by atoms with Crippen molar-refractivity contribution in [3.63, 3.8) is 0 Å². The maximum atomic E-state index is 14.2. The lowest BCUT2D eigenvalue weighted by molar-refractivity contribution is 0.0985. The average Bonchev–Trinajstić information content (AvgIpc) is 3.15. The third-order valence-corrected chi connectivity index (χ3v) is 3.72. The monoisotopic (exact) mass is 337 g/mol. The van der Waals surface area contributed by atoms with Gasteiger partial charge in [0.25, 0.3) is 5.91 Å². The molecule has 25 heavy (non-hydrogen) atoms. The molecule has 0 spiro atoms. The fourth-order valence-corrected chi connectivity index (χ4v) is 2.42. The number of amides is 1. The van der Waals surface area contributed by atoms with Gasteiger partial charge in [-0.05, 0) is 36.4 Å². The highest BCUT2D eigenvalue weighted by Crippen LogP contribution is 2.17. The van der Waals surface area contributed by atoms with Crippen molar-refractivity contribution in [2.24, 2.45) is 0 Å². The van der Waals surface area contributed by atoms with Gasteiger partial charge in [0.15, 0.2) is 5.78 Å². The largest absolute Gasteiger partial charge is 0.322 e. The van der Waals surface area contributed by atoms with E-state index in [1.165, 1.54) is 16.8 Å². The van der Waals surface area contributed by atoms with Crippen molar-refractivity contribution < 1.29 is 14.0 Å². The molecule has 1 heterocycles. The summed E-state index contributed by atoms with van der Waals surface area (Å²) in [4.78, 5) is 24.1. The number of Topliss-reactive ketones (excluding diaryl/α,β-unsaturated/α-hetero) is 1. The van der Waals surface area contributed by atoms with Crippen LogP contribution in [0.25, 0.3) is 5.69 Å². The molecule has 1 N–H and O–H groups in total. The molecule has 3 aromatic rings. The molecule has 0 bridgehead atoms. The molecule has 126 valence electrons. The Labute approximate surface area is 144 Å². The van der Waals surface area contributed by atoms with Crippen molar-refractivity contribution in [1.82, 2.24) is 9.78 Å². The van der Waals surface area contributed by atoms with E-state index in [2.05, 4.69) is 10.4 Å². The zero-order valence-corrected chi connectivity index (χ0v) is 13.6. The third-order valence-electron chi connectivity index (χ3n) is 3.72. The van der Waals surface area contributed by atoms with Crippen LogP contribution < -0.4 is 5.32 Å². The number of ketones is 1. The number of benzene rings is 2. The molecule has 0 saturated heterocycles. The molecule has 0 aliphatic carbocycles. The molecule has 0 atom stereocenters. The van der Waals surface area contributed by atoms with E-state index in [0.717, 1.165) is 6.07 Å². The SMILES string of the molecule is CCC(=O)c1cccc(NC(=O)c2ccc(-n3cccn3)c(F)c2)c1. The maximum Gasteiger partial charge on any atom is 0.255 e. The highest BCUT2D eigenvalue weighted by molar-refractivity contribution is 6.05. The molecule has 1 aromatic heterocycles. The molecule has 0 radical (unpaired) electrons. The Bertz CT molecular complexity index is 920. The predicted molar refractivity (Wildman–Crippen MR) is 92.5 cm³/mol. The first-order valence-corrected chi connectivity index (χ1v) is 7.82. The molecule has 0 aliphatic rings. The Kier molecular flexibility index (Phi) is 4.70. The number of aromatic nitrogens is 2. The van der Waals surface area contributed by atoms with Crippen molar-refractivity contribution in [3.8, 4) is 5.69 Å². The maximum absolute atomic E-state index is 14.2. The molecule has 0 unspecified atom stereocenters. The Morgan fingerprint density at radius 2 is 1.96 bits per heavy atom. The predicted octanol–water partition coefficient (Wildman–Crippen LogP) is 3.86. The molecular weight excluding hydrogens is 321 g/mol. The standard InChI is InChI=1S/C19H16FN3O2/c1-2-18(24)13-5-3-6-15(11-13)22-19(25)14-7-8-17(16(20)12-14)23-10-4-9-21-23/h3-12H,2H2,1H3,(H,22,25). The Morgan fingerprint density at radius 3 is 2.64 bits per heavy atom. The van der Waals surface area contributed by atoms with Crippen LogP contribution in [0.3, 0.4) is 0 Å². The quantitative estimate of drug-likeness (QED) is 0.719. The number of hydrogen-bond donors (Lipinski definition) is 1. The first-order valence-electron chi connectivity index (χ1n) is 7.82. The van der Waals surface area contributed by atoms with E-state index >= 15 is 0 Å². The number of nitrogens with zero attached hydrogens (tertiary/aromatic N) is 2. The second-order valence-electron chi connectivity index (χ2n) is 5.43. The first kappa shape index (κ1) is 16.6. The molecule has 5 nitrogen and oxygen atoms in total. The second-order valence-corrected chi connectivity index (χ2v) is 5.43. The van der Waals surface area contributed by atoms with Gasteiger partial charge in [-0.15, -0.1) is 0 Å². The number of hydrogen-bond acceptors (Lipinski definition) is 3. The van der Waals surface area contributed by atoms with Gasteiger partial charge < -0.3 is 5.32 Å². The van der Waals surface area contributed by atoms with Crippen LogP contribution in [0.1, 0.15) is 34.1 Å². The number of anilines is 1. The minimum atomic E-state index is -0.550. The van der Waals surface area contributed by atoms with E-state index in [1.54, 1.807) is 49.6 Å². The molecule has 0 aliphatic heterocycles. The van der Waals surface area contributed by atoms with Crippen LogP contribution in [0.4, 0.5) is 10.1 Å². The summed E-state index contributed by atoms with van der Waals surface area (Å²) >= 11 is 0. The van der Waals surface area contributed by atoms with Gasteiger partial charge in [0.1, 0.15) is 11.5 Å². The Morgan fingerprint density at radius 1 is 1.12 bits per heavy atom. The zero-order chi connectivity index (χ0) is 17.8. The van der Waals surface area contributed by atoms with E-state index in [9.17, 15) is 14.0 Å². The van der Waals surface area contributed by atoms with E-state index in [0.29, 0.717) is 17.7 Å². The normalized spacial score (nSPS) is 10.5. The van der Waals surface area contributed by atoms with Crippen molar-refractivity contribution in [3.05, 3.63) is 77.9 Å². The summed E-state index contributed by atoms with van der Waals surface area (Å²) in [5.74, 6) is -1.01. The van der Waals surface area contributed by atoms with Crippen molar-refractivity contribution in [2.45, 2.75) is 13.3 Å². The first-order chi connectivity index (χ1) is 12.1. The van der Waals surface area contributed by atoms with Gasteiger partial charge in [-0.25, -0.2) is 9.07 Å². The lowest BCUT2D eigenvalue weighted by atomic mass is 10.1. The number of halogens is 1. The topological polar surface area (TPSA) is 64.0 Å². The molecule has 0 fully saturated rings. The summed E-state index contributed by atoms with van der Waals surface area (Å²) in [5, 5.41) is 6.65. The van der Waals surface area contributed by atoms with Crippen LogP contribution in [-0.2, 0) is 0 Å². The lowest BCUT2D eigenvalue weighted by Gasteiger charge is -2.09. The number of rotatable bonds is 5. The van der Waals surface area contributed by atoms with Crippen LogP contribution >= 0.6 is 0 Å². The van der Waals surface area contributed by atoms with Crippen molar-refractivity contribution >= 4 is 17.4 Å². The van der Waals surface area contributed by atoms with Crippen LogP contribution in [0, 0.1) is 5.82 Å². The number of carbonyl (C=O) groups excluding carboxylic acids is 2. The smallest absolute Gasteiger partial charge is 0.255 e. The van der Waals surface area contributed by atoms with E-state index in [1.807, 2.05) is 0 Å². The summed E-state index contributed by atoms with van der Waals surface area (Å²) in [7, 11) is 0. The average molecular weight is 337 g/mol. The van der Waals surface area contributed by atoms with E-state index in [-0.39, 0.29) is 17.0 Å². The summed E-state index contributed by atoms with van der Waals surface area (Å²) in [6, 6.07) is 12.5. The Balaban J connectivity index is 1.80. The van der Waals surface area contributed by atoms with Crippen molar-refractivity contribution in [2.75, 3.05) is 5.32 Å². The van der Waals surface area contributed by atoms with E-state index < -0.39 is 11.7 Å². The van der Waals surface area contributed by atoms with Crippen LogP contribution in [0.5, 0.6) is 0 Å². The summed E-state index contributed by atoms with van der Waals surface area (Å²) in [6.45, 7) is 1.78. The fourth-order valence-electron chi connectivity index (χ4n) is 2.42. The Hall–Kier alpha value is -3.28. The number of carbonyl (C=O) groups is 2. The molecule has 3 rings (SSSR count). The highest BCUT2D eigenvalue weighted by atomic mass is 19.1. The fraction of sp³-hybridized carbons (Fsp3) is 0.105. The van der Waals surface area contributed by atoms with Crippen LogP contribution in [-0.4, -0.2) is 21.5 Å². The van der Waals surface area contributed by atoms with E-state index in [4.69, 9.17) is 0 Å². The van der Waals surface area contributed by atoms with Gasteiger partial charge in [0.2, 0.25) is 0 Å². The summed E-state index contributed by atoms with van der Waals surface area (Å²) in [6.07, 6.45) is 3.55. The third kappa shape index (κ3) is 3.63. The van der Waals surface area contributed by atoms with Crippen LogP contribution in [0.2, 0.25) is 0 Å². The van der Waals surface area contributed by atoms with Gasteiger partial charge >= 0.3 is 0 Å². The molecule has 1 amide bonds. The molecular formula is C19H16FN3O2. The highest BCUT2D eigenvalue weighted by Gasteiger charge is 2.12. The second kappa shape index (κ2) is 7.09.